The number of benzene rings is 1. The number of ketones is 1. The molecule has 0 aliphatic rings. The third kappa shape index (κ3) is 2.41. The fraction of sp³-hybridized carbons (Fsp3) is 0.273. The average Bonchev–Trinajstić information content (AvgIpc) is 2.26. The largest absolute Gasteiger partial charge is 0.495 e. The van der Waals surface area contributed by atoms with E-state index in [-0.39, 0.29) is 11.3 Å². The summed E-state index contributed by atoms with van der Waals surface area (Å²) >= 11 is 3.25. The lowest BCUT2D eigenvalue weighted by Crippen LogP contribution is -2.14. The molecule has 0 fully saturated rings. The van der Waals surface area contributed by atoms with Gasteiger partial charge in [-0.1, -0.05) is 6.92 Å². The number of halogens is 1. The minimum atomic E-state index is -1.49. The van der Waals surface area contributed by atoms with Crippen molar-refractivity contribution in [2.24, 2.45) is 0 Å². The van der Waals surface area contributed by atoms with Gasteiger partial charge in [0.2, 0.25) is 0 Å². The van der Waals surface area contributed by atoms with Gasteiger partial charge in [-0.3, -0.25) is 4.79 Å². The second kappa shape index (κ2) is 5.12. The zero-order chi connectivity index (χ0) is 12.3. The third-order valence-electron chi connectivity index (χ3n) is 2.15. The van der Waals surface area contributed by atoms with Gasteiger partial charge in [-0.15, -0.1) is 0 Å². The maximum Gasteiger partial charge on any atom is 0.377 e. The smallest absolute Gasteiger partial charge is 0.377 e. The summed E-state index contributed by atoms with van der Waals surface area (Å²) in [5.41, 5.74) is 0.943. The van der Waals surface area contributed by atoms with Crippen LogP contribution in [0.15, 0.2) is 16.6 Å². The van der Waals surface area contributed by atoms with E-state index in [0.717, 1.165) is 5.56 Å². The molecular formula is C11H11BrO4. The van der Waals surface area contributed by atoms with Crippen LogP contribution in [0.3, 0.4) is 0 Å². The molecule has 0 aliphatic heterocycles. The lowest BCUT2D eigenvalue weighted by Gasteiger charge is -2.10. The Morgan fingerprint density at radius 2 is 2.06 bits per heavy atom. The molecule has 0 amide bonds. The summed E-state index contributed by atoms with van der Waals surface area (Å²) in [6.07, 6.45) is 0.711. The molecule has 16 heavy (non-hydrogen) atoms. The Bertz CT molecular complexity index is 440. The SMILES string of the molecule is CCc1cc(Br)c(OC)c(C(=O)C(=O)O)c1. The van der Waals surface area contributed by atoms with Crippen LogP contribution in [0.4, 0.5) is 0 Å². The lowest BCUT2D eigenvalue weighted by molar-refractivity contribution is -0.131. The fourth-order valence-electron chi connectivity index (χ4n) is 1.35. The molecule has 0 aliphatic carbocycles. The minimum absolute atomic E-state index is 0.0706. The van der Waals surface area contributed by atoms with E-state index in [9.17, 15) is 9.59 Å². The number of aliphatic carboxylic acids is 1. The lowest BCUT2D eigenvalue weighted by atomic mass is 10.0. The van der Waals surface area contributed by atoms with Crippen LogP contribution in [-0.2, 0) is 11.2 Å². The van der Waals surface area contributed by atoms with Gasteiger partial charge < -0.3 is 9.84 Å². The molecule has 1 aromatic carbocycles. The van der Waals surface area contributed by atoms with Gasteiger partial charge >= 0.3 is 5.97 Å². The molecule has 5 heteroatoms. The van der Waals surface area contributed by atoms with Gasteiger partial charge in [-0.2, -0.15) is 0 Å². The second-order valence-corrected chi connectivity index (χ2v) is 4.00. The summed E-state index contributed by atoms with van der Waals surface area (Å²) in [7, 11) is 1.39. The Hall–Kier alpha value is -1.36. The Labute approximate surface area is 101 Å². The first-order chi connectivity index (χ1) is 7.51. The van der Waals surface area contributed by atoms with Gasteiger partial charge in [0.1, 0.15) is 5.75 Å². The van der Waals surface area contributed by atoms with E-state index in [1.54, 1.807) is 12.1 Å². The second-order valence-electron chi connectivity index (χ2n) is 3.15. The zero-order valence-electron chi connectivity index (χ0n) is 8.91. The van der Waals surface area contributed by atoms with Gasteiger partial charge in [0.15, 0.2) is 0 Å². The number of hydrogen-bond donors (Lipinski definition) is 1. The maximum atomic E-state index is 11.4. The molecule has 1 N–H and O–H groups in total. The van der Waals surface area contributed by atoms with E-state index in [2.05, 4.69) is 15.9 Å². The van der Waals surface area contributed by atoms with Crippen LogP contribution in [0.5, 0.6) is 5.75 Å². The van der Waals surface area contributed by atoms with Crippen molar-refractivity contribution >= 4 is 27.7 Å². The van der Waals surface area contributed by atoms with Crippen molar-refractivity contribution in [2.45, 2.75) is 13.3 Å². The highest BCUT2D eigenvalue weighted by Gasteiger charge is 2.21. The quantitative estimate of drug-likeness (QED) is 0.681. The number of ether oxygens (including phenoxy) is 1. The van der Waals surface area contributed by atoms with Crippen molar-refractivity contribution < 1.29 is 19.4 Å². The van der Waals surface area contributed by atoms with E-state index >= 15 is 0 Å². The molecule has 0 atom stereocenters. The maximum absolute atomic E-state index is 11.4. The molecule has 0 aromatic heterocycles. The summed E-state index contributed by atoms with van der Waals surface area (Å²) in [6, 6.07) is 3.34. The van der Waals surface area contributed by atoms with Crippen LogP contribution in [0.2, 0.25) is 0 Å². The Kier molecular flexibility index (Phi) is 4.06. The van der Waals surface area contributed by atoms with E-state index < -0.39 is 11.8 Å². The Balaban J connectivity index is 3.39. The number of rotatable bonds is 4. The van der Waals surface area contributed by atoms with Crippen LogP contribution >= 0.6 is 15.9 Å². The predicted molar refractivity (Wildman–Crippen MR) is 62.0 cm³/mol. The van der Waals surface area contributed by atoms with E-state index in [1.165, 1.54) is 7.11 Å². The molecular weight excluding hydrogens is 276 g/mol. The van der Waals surface area contributed by atoms with Gasteiger partial charge in [0, 0.05) is 0 Å². The van der Waals surface area contributed by atoms with Crippen LogP contribution in [0, 0.1) is 0 Å². The number of carboxylic acids is 1. The Morgan fingerprint density at radius 1 is 1.44 bits per heavy atom. The van der Waals surface area contributed by atoms with Crippen molar-refractivity contribution in [3.63, 3.8) is 0 Å². The normalized spacial score (nSPS) is 9.94. The van der Waals surface area contributed by atoms with Crippen LogP contribution in [0.1, 0.15) is 22.8 Å². The number of carboxylic acid groups (broad SMARTS) is 1. The number of aryl methyl sites for hydroxylation is 1. The summed E-state index contributed by atoms with van der Waals surface area (Å²) in [5.74, 6) is -2.20. The van der Waals surface area contributed by atoms with Crippen LogP contribution < -0.4 is 4.74 Å². The highest BCUT2D eigenvalue weighted by atomic mass is 79.9. The van der Waals surface area contributed by atoms with Crippen molar-refractivity contribution in [3.05, 3.63) is 27.7 Å². The molecule has 0 radical (unpaired) electrons. The molecule has 0 bridgehead atoms. The van der Waals surface area contributed by atoms with Crippen molar-refractivity contribution in [1.29, 1.82) is 0 Å². The first-order valence-electron chi connectivity index (χ1n) is 4.65. The molecule has 0 spiro atoms. The first kappa shape index (κ1) is 12.7. The summed E-state index contributed by atoms with van der Waals surface area (Å²) < 4.78 is 5.60. The van der Waals surface area contributed by atoms with E-state index in [0.29, 0.717) is 10.9 Å². The molecule has 1 aromatic rings. The minimum Gasteiger partial charge on any atom is -0.495 e. The van der Waals surface area contributed by atoms with Gasteiger partial charge in [0.05, 0.1) is 17.1 Å². The standard InChI is InChI=1S/C11H11BrO4/c1-3-6-4-7(9(13)11(14)15)10(16-2)8(12)5-6/h4-5H,3H2,1-2H3,(H,14,15). The fourth-order valence-corrected chi connectivity index (χ4v) is 2.01. The number of carbonyl (C=O) groups excluding carboxylic acids is 1. The topological polar surface area (TPSA) is 63.6 Å². The van der Waals surface area contributed by atoms with Crippen LogP contribution in [0.25, 0.3) is 0 Å². The average molecular weight is 287 g/mol. The third-order valence-corrected chi connectivity index (χ3v) is 2.74. The molecule has 86 valence electrons. The molecule has 0 saturated heterocycles. The molecule has 0 heterocycles. The number of carbonyl (C=O) groups is 2. The van der Waals surface area contributed by atoms with Gasteiger partial charge in [0.25, 0.3) is 5.78 Å². The monoisotopic (exact) mass is 286 g/mol. The van der Waals surface area contributed by atoms with Crippen LogP contribution in [-0.4, -0.2) is 24.0 Å². The van der Waals surface area contributed by atoms with E-state index in [1.807, 2.05) is 6.92 Å². The van der Waals surface area contributed by atoms with Crippen molar-refractivity contribution in [3.8, 4) is 5.75 Å². The van der Waals surface area contributed by atoms with Crippen molar-refractivity contribution in [1.82, 2.24) is 0 Å². The van der Waals surface area contributed by atoms with Gasteiger partial charge in [-0.05, 0) is 40.0 Å². The molecule has 0 unspecified atom stereocenters. The first-order valence-corrected chi connectivity index (χ1v) is 5.44. The number of Topliss-reactive ketones (excluding diaryl/α,β-unsaturated/α-hetero) is 1. The Morgan fingerprint density at radius 3 is 2.50 bits per heavy atom. The summed E-state index contributed by atoms with van der Waals surface area (Å²) in [6.45, 7) is 1.92. The summed E-state index contributed by atoms with van der Waals surface area (Å²) in [5, 5.41) is 8.69. The molecule has 1 rings (SSSR count). The summed E-state index contributed by atoms with van der Waals surface area (Å²) in [4.78, 5) is 22.1. The highest BCUT2D eigenvalue weighted by molar-refractivity contribution is 9.10. The van der Waals surface area contributed by atoms with Crippen molar-refractivity contribution in [2.75, 3.05) is 7.11 Å². The predicted octanol–water partition coefficient (Wildman–Crippen LogP) is 2.29. The number of methoxy groups -OCH3 is 1. The molecule has 0 saturated carbocycles. The van der Waals surface area contributed by atoms with E-state index in [4.69, 9.17) is 9.84 Å². The van der Waals surface area contributed by atoms with Gasteiger partial charge in [-0.25, -0.2) is 4.79 Å². The zero-order valence-corrected chi connectivity index (χ0v) is 10.5. The molecule has 4 nitrogen and oxygen atoms in total. The highest BCUT2D eigenvalue weighted by Crippen LogP contribution is 2.31. The number of hydrogen-bond acceptors (Lipinski definition) is 3.